The molecule has 1 aliphatic heterocycles. The third-order valence-electron chi connectivity index (χ3n) is 6.11. The molecule has 1 rings (SSSR count). The summed E-state index contributed by atoms with van der Waals surface area (Å²) in [6.07, 6.45) is 31.0. The number of amides is 1. The average Bonchev–Trinajstić information content (AvgIpc) is 3.24. The number of allylic oxidation sites excluding steroid dienone is 2. The standard InChI is InChI=1S/C26H49NO/c1-2-3-4-5-6-7-8-9-10-11-12-13-14-15-16-17-18-19-20-23-26(28)27-24-21-22-25-27/h7-8H,2-6,9-25H2,1H3/b8-7-. The predicted molar refractivity (Wildman–Crippen MR) is 124 cm³/mol. The van der Waals surface area contributed by atoms with E-state index in [1.165, 1.54) is 116 Å². The molecule has 0 aromatic rings. The van der Waals surface area contributed by atoms with Crippen molar-refractivity contribution in [3.05, 3.63) is 12.2 Å². The van der Waals surface area contributed by atoms with Crippen molar-refractivity contribution in [2.24, 2.45) is 0 Å². The maximum atomic E-state index is 11.9. The average molecular weight is 392 g/mol. The van der Waals surface area contributed by atoms with Crippen LogP contribution in [-0.4, -0.2) is 23.9 Å². The van der Waals surface area contributed by atoms with E-state index in [9.17, 15) is 4.79 Å². The Morgan fingerprint density at radius 2 is 1.07 bits per heavy atom. The van der Waals surface area contributed by atoms with Gasteiger partial charge in [-0.25, -0.2) is 0 Å². The summed E-state index contributed by atoms with van der Waals surface area (Å²) in [5, 5.41) is 0. The summed E-state index contributed by atoms with van der Waals surface area (Å²) in [5.74, 6) is 0.403. The molecule has 28 heavy (non-hydrogen) atoms. The topological polar surface area (TPSA) is 20.3 Å². The van der Waals surface area contributed by atoms with E-state index in [0.717, 1.165) is 25.9 Å². The lowest BCUT2D eigenvalue weighted by atomic mass is 10.0. The van der Waals surface area contributed by atoms with E-state index in [1.54, 1.807) is 0 Å². The van der Waals surface area contributed by atoms with E-state index >= 15 is 0 Å². The van der Waals surface area contributed by atoms with Crippen LogP contribution in [0, 0.1) is 0 Å². The van der Waals surface area contributed by atoms with Gasteiger partial charge < -0.3 is 4.90 Å². The van der Waals surface area contributed by atoms with Gasteiger partial charge in [-0.1, -0.05) is 96.1 Å². The van der Waals surface area contributed by atoms with Gasteiger partial charge in [-0.3, -0.25) is 4.79 Å². The second kappa shape index (κ2) is 19.5. The molecule has 1 heterocycles. The second-order valence-electron chi connectivity index (χ2n) is 8.84. The zero-order valence-corrected chi connectivity index (χ0v) is 19.1. The highest BCUT2D eigenvalue weighted by Crippen LogP contribution is 2.14. The normalized spacial score (nSPS) is 14.4. The van der Waals surface area contributed by atoms with E-state index in [2.05, 4.69) is 24.0 Å². The van der Waals surface area contributed by atoms with Gasteiger partial charge >= 0.3 is 0 Å². The molecule has 0 unspecified atom stereocenters. The maximum absolute atomic E-state index is 11.9. The smallest absolute Gasteiger partial charge is 0.222 e. The minimum absolute atomic E-state index is 0.403. The van der Waals surface area contributed by atoms with Crippen molar-refractivity contribution >= 4 is 5.91 Å². The molecule has 0 N–H and O–H groups in total. The van der Waals surface area contributed by atoms with Crippen LogP contribution in [-0.2, 0) is 4.79 Å². The number of unbranched alkanes of at least 4 members (excludes halogenated alkanes) is 15. The van der Waals surface area contributed by atoms with Crippen molar-refractivity contribution in [1.82, 2.24) is 4.90 Å². The molecule has 0 aromatic carbocycles. The zero-order chi connectivity index (χ0) is 20.1. The predicted octanol–water partition coefficient (Wildman–Crippen LogP) is 8.21. The quantitative estimate of drug-likeness (QED) is 0.160. The molecule has 0 aromatic heterocycles. The van der Waals surface area contributed by atoms with Gasteiger partial charge in [0.05, 0.1) is 0 Å². The van der Waals surface area contributed by atoms with Gasteiger partial charge in [-0.05, 0) is 44.9 Å². The Morgan fingerprint density at radius 3 is 1.57 bits per heavy atom. The molecule has 1 amide bonds. The van der Waals surface area contributed by atoms with Crippen molar-refractivity contribution in [1.29, 1.82) is 0 Å². The van der Waals surface area contributed by atoms with E-state index < -0.39 is 0 Å². The number of hydrogen-bond donors (Lipinski definition) is 0. The molecule has 0 radical (unpaired) electrons. The van der Waals surface area contributed by atoms with Crippen LogP contribution < -0.4 is 0 Å². The largest absolute Gasteiger partial charge is 0.343 e. The highest BCUT2D eigenvalue weighted by atomic mass is 16.2. The second-order valence-corrected chi connectivity index (χ2v) is 8.84. The number of carbonyl (C=O) groups excluding carboxylic acids is 1. The summed E-state index contributed by atoms with van der Waals surface area (Å²) in [6.45, 7) is 4.29. The summed E-state index contributed by atoms with van der Waals surface area (Å²) in [4.78, 5) is 14.0. The van der Waals surface area contributed by atoms with Gasteiger partial charge in [0.2, 0.25) is 5.91 Å². The lowest BCUT2D eigenvalue weighted by Crippen LogP contribution is -2.27. The van der Waals surface area contributed by atoms with Gasteiger partial charge in [0.1, 0.15) is 0 Å². The number of likely N-dealkylation sites (tertiary alicyclic amines) is 1. The first-order chi connectivity index (χ1) is 13.8. The Morgan fingerprint density at radius 1 is 0.643 bits per heavy atom. The molecule has 0 aliphatic carbocycles. The first-order valence-electron chi connectivity index (χ1n) is 12.8. The number of carbonyl (C=O) groups is 1. The molecule has 1 saturated heterocycles. The van der Waals surface area contributed by atoms with Crippen molar-refractivity contribution in [3.8, 4) is 0 Å². The highest BCUT2D eigenvalue weighted by molar-refractivity contribution is 5.76. The summed E-state index contributed by atoms with van der Waals surface area (Å²) in [5.41, 5.74) is 0. The number of nitrogens with zero attached hydrogens (tertiary/aromatic N) is 1. The monoisotopic (exact) mass is 391 g/mol. The molecule has 0 bridgehead atoms. The van der Waals surface area contributed by atoms with E-state index in [4.69, 9.17) is 0 Å². The van der Waals surface area contributed by atoms with Crippen LogP contribution in [0.25, 0.3) is 0 Å². The highest BCUT2D eigenvalue weighted by Gasteiger charge is 2.16. The summed E-state index contributed by atoms with van der Waals surface area (Å²) >= 11 is 0. The first-order valence-corrected chi connectivity index (χ1v) is 12.8. The van der Waals surface area contributed by atoms with Crippen LogP contribution >= 0.6 is 0 Å². The van der Waals surface area contributed by atoms with Crippen molar-refractivity contribution in [2.75, 3.05) is 13.1 Å². The molecular weight excluding hydrogens is 342 g/mol. The first kappa shape index (κ1) is 25.2. The molecule has 0 saturated carbocycles. The molecular formula is C26H49NO. The van der Waals surface area contributed by atoms with Gasteiger partial charge in [0, 0.05) is 19.5 Å². The minimum atomic E-state index is 0.403. The fraction of sp³-hybridized carbons (Fsp3) is 0.885. The Bertz CT molecular complexity index is 371. The Labute approximate surface area is 176 Å². The fourth-order valence-electron chi connectivity index (χ4n) is 4.18. The van der Waals surface area contributed by atoms with Crippen molar-refractivity contribution in [2.45, 2.75) is 135 Å². The Kier molecular flexibility index (Phi) is 17.6. The molecule has 164 valence electrons. The molecule has 1 aliphatic rings. The van der Waals surface area contributed by atoms with Gasteiger partial charge in [0.25, 0.3) is 0 Å². The Balaban J connectivity index is 1.70. The van der Waals surface area contributed by atoms with E-state index in [0.29, 0.717) is 5.91 Å². The Hall–Kier alpha value is -0.790. The molecule has 1 fully saturated rings. The van der Waals surface area contributed by atoms with Crippen LogP contribution in [0.4, 0.5) is 0 Å². The minimum Gasteiger partial charge on any atom is -0.343 e. The van der Waals surface area contributed by atoms with Crippen LogP contribution in [0.15, 0.2) is 12.2 Å². The van der Waals surface area contributed by atoms with Gasteiger partial charge in [-0.2, -0.15) is 0 Å². The van der Waals surface area contributed by atoms with Crippen molar-refractivity contribution in [3.63, 3.8) is 0 Å². The molecule has 0 atom stereocenters. The number of rotatable bonds is 19. The molecule has 0 spiro atoms. The molecule has 2 heteroatoms. The number of hydrogen-bond acceptors (Lipinski definition) is 1. The third-order valence-corrected chi connectivity index (χ3v) is 6.11. The zero-order valence-electron chi connectivity index (χ0n) is 19.1. The lowest BCUT2D eigenvalue weighted by Gasteiger charge is -2.14. The van der Waals surface area contributed by atoms with E-state index in [-0.39, 0.29) is 0 Å². The molecule has 2 nitrogen and oxygen atoms in total. The summed E-state index contributed by atoms with van der Waals surface area (Å²) in [7, 11) is 0. The van der Waals surface area contributed by atoms with Crippen molar-refractivity contribution < 1.29 is 4.79 Å². The summed E-state index contributed by atoms with van der Waals surface area (Å²) < 4.78 is 0. The van der Waals surface area contributed by atoms with Crippen LogP contribution in [0.5, 0.6) is 0 Å². The maximum Gasteiger partial charge on any atom is 0.222 e. The lowest BCUT2D eigenvalue weighted by molar-refractivity contribution is -0.130. The van der Waals surface area contributed by atoms with Crippen LogP contribution in [0.1, 0.15) is 135 Å². The third kappa shape index (κ3) is 15.2. The summed E-state index contributed by atoms with van der Waals surface area (Å²) in [6, 6.07) is 0. The van der Waals surface area contributed by atoms with E-state index in [1.807, 2.05) is 0 Å². The fourth-order valence-corrected chi connectivity index (χ4v) is 4.18. The van der Waals surface area contributed by atoms with Gasteiger partial charge in [0.15, 0.2) is 0 Å². The van der Waals surface area contributed by atoms with Crippen LogP contribution in [0.3, 0.4) is 0 Å². The SMILES string of the molecule is CCCCCC/C=C\CCCCCCCCCCCCCC(=O)N1CCCC1. The van der Waals surface area contributed by atoms with Crippen LogP contribution in [0.2, 0.25) is 0 Å². The van der Waals surface area contributed by atoms with Gasteiger partial charge in [-0.15, -0.1) is 0 Å².